The van der Waals surface area contributed by atoms with E-state index in [1.165, 1.54) is 0 Å². The van der Waals surface area contributed by atoms with Crippen LogP contribution in [0.15, 0.2) is 24.3 Å². The lowest BCUT2D eigenvalue weighted by molar-refractivity contribution is -0.148. The van der Waals surface area contributed by atoms with Gasteiger partial charge in [0.1, 0.15) is 18.1 Å². The number of hydrogen-bond donors (Lipinski definition) is 0. The van der Waals surface area contributed by atoms with Crippen molar-refractivity contribution >= 4 is 11.8 Å². The number of fused-ring (bicyclic) bond motifs is 1. The molecule has 0 aliphatic heterocycles. The van der Waals surface area contributed by atoms with Crippen molar-refractivity contribution < 1.29 is 19.1 Å². The van der Waals surface area contributed by atoms with E-state index in [0.717, 1.165) is 17.7 Å². The second-order valence-electron chi connectivity index (χ2n) is 5.18. The lowest BCUT2D eigenvalue weighted by Crippen LogP contribution is -2.13. The summed E-state index contributed by atoms with van der Waals surface area (Å²) < 4.78 is 10.3. The van der Waals surface area contributed by atoms with Crippen molar-refractivity contribution in [3.8, 4) is 5.75 Å². The van der Waals surface area contributed by atoms with Crippen molar-refractivity contribution in [3.63, 3.8) is 0 Å². The third-order valence-corrected chi connectivity index (χ3v) is 4.08. The highest BCUT2D eigenvalue weighted by Crippen LogP contribution is 2.55. The monoisotopic (exact) mass is 260 g/mol. The molecule has 100 valence electrons. The summed E-state index contributed by atoms with van der Waals surface area (Å²) in [4.78, 5) is 23.3. The van der Waals surface area contributed by atoms with Gasteiger partial charge in [-0.1, -0.05) is 12.1 Å². The fraction of sp³-hybridized carbons (Fsp3) is 0.467. The third-order valence-electron chi connectivity index (χ3n) is 4.08. The molecule has 0 aromatic heterocycles. The first-order valence-corrected chi connectivity index (χ1v) is 6.53. The van der Waals surface area contributed by atoms with Gasteiger partial charge in [-0.05, 0) is 30.0 Å². The molecule has 0 saturated heterocycles. The van der Waals surface area contributed by atoms with E-state index in [1.54, 1.807) is 7.11 Å². The van der Waals surface area contributed by atoms with E-state index in [2.05, 4.69) is 0 Å². The molecule has 0 spiro atoms. The first-order chi connectivity index (χ1) is 9.20. The molecule has 0 N–H and O–H groups in total. The lowest BCUT2D eigenvalue weighted by atomic mass is 10.1. The molecule has 3 atom stereocenters. The predicted octanol–water partition coefficient (Wildman–Crippen LogP) is 1.96. The number of hydrogen-bond acceptors (Lipinski definition) is 4. The molecular weight excluding hydrogens is 244 g/mol. The third kappa shape index (κ3) is 2.23. The van der Waals surface area contributed by atoms with E-state index in [4.69, 9.17) is 9.47 Å². The summed E-state index contributed by atoms with van der Waals surface area (Å²) >= 11 is 0. The van der Waals surface area contributed by atoms with Gasteiger partial charge >= 0.3 is 5.97 Å². The van der Waals surface area contributed by atoms with Gasteiger partial charge in [0.05, 0.1) is 13.0 Å². The van der Waals surface area contributed by atoms with Gasteiger partial charge in [0.15, 0.2) is 0 Å². The summed E-state index contributed by atoms with van der Waals surface area (Å²) in [5, 5.41) is 0. The number of carbonyl (C=O) groups is 2. The van der Waals surface area contributed by atoms with Crippen LogP contribution >= 0.6 is 0 Å². The highest BCUT2D eigenvalue weighted by Gasteiger charge is 2.62. The van der Waals surface area contributed by atoms with Crippen LogP contribution in [-0.2, 0) is 20.9 Å². The second-order valence-corrected chi connectivity index (χ2v) is 5.18. The van der Waals surface area contributed by atoms with E-state index in [1.807, 2.05) is 24.3 Å². The Balaban J connectivity index is 1.52. The average Bonchev–Trinajstić information content (AvgIpc) is 3.06. The van der Waals surface area contributed by atoms with Crippen LogP contribution in [0.5, 0.6) is 5.75 Å². The maximum Gasteiger partial charge on any atom is 0.310 e. The van der Waals surface area contributed by atoms with Gasteiger partial charge in [-0.3, -0.25) is 9.59 Å². The van der Waals surface area contributed by atoms with Gasteiger partial charge in [-0.15, -0.1) is 0 Å². The van der Waals surface area contributed by atoms with Crippen LogP contribution in [0.4, 0.5) is 0 Å². The Morgan fingerprint density at radius 3 is 2.63 bits per heavy atom. The van der Waals surface area contributed by atoms with E-state index in [-0.39, 0.29) is 36.1 Å². The number of ether oxygens (including phenoxy) is 2. The van der Waals surface area contributed by atoms with Gasteiger partial charge in [0.2, 0.25) is 0 Å². The Kier molecular flexibility index (Phi) is 3.01. The zero-order valence-electron chi connectivity index (χ0n) is 10.8. The summed E-state index contributed by atoms with van der Waals surface area (Å²) in [7, 11) is 1.61. The van der Waals surface area contributed by atoms with Crippen LogP contribution in [0.1, 0.15) is 18.4 Å². The minimum Gasteiger partial charge on any atom is -0.497 e. The number of Topliss-reactive ketones (excluding diaryl/α,β-unsaturated/α-hetero) is 1. The Bertz CT molecular complexity index is 505. The molecule has 3 rings (SSSR count). The number of rotatable bonds is 4. The maximum absolute atomic E-state index is 11.9. The highest BCUT2D eigenvalue weighted by molar-refractivity contribution is 5.94. The molecule has 4 nitrogen and oxygen atoms in total. The molecule has 1 aromatic carbocycles. The zero-order valence-corrected chi connectivity index (χ0v) is 10.8. The normalized spacial score (nSPS) is 27.8. The Morgan fingerprint density at radius 1 is 1.32 bits per heavy atom. The molecule has 0 radical (unpaired) electrons. The molecule has 1 aromatic rings. The minimum atomic E-state index is -0.223. The maximum atomic E-state index is 11.9. The topological polar surface area (TPSA) is 52.6 Å². The molecule has 0 heterocycles. The SMILES string of the molecule is COc1ccc(COC(=O)[C@H]2[C@@H]3CCC(=O)[C@@H]32)cc1. The van der Waals surface area contributed by atoms with Crippen LogP contribution in [0.25, 0.3) is 0 Å². The zero-order chi connectivity index (χ0) is 13.4. The quantitative estimate of drug-likeness (QED) is 0.777. The highest BCUT2D eigenvalue weighted by atomic mass is 16.5. The fourth-order valence-corrected chi connectivity index (χ4v) is 2.94. The van der Waals surface area contributed by atoms with Crippen molar-refractivity contribution in [2.75, 3.05) is 7.11 Å². The number of benzene rings is 1. The lowest BCUT2D eigenvalue weighted by Gasteiger charge is -2.06. The molecule has 4 heteroatoms. The Morgan fingerprint density at radius 2 is 2.05 bits per heavy atom. The average molecular weight is 260 g/mol. The smallest absolute Gasteiger partial charge is 0.310 e. The van der Waals surface area contributed by atoms with E-state index in [9.17, 15) is 9.59 Å². The second kappa shape index (κ2) is 4.68. The van der Waals surface area contributed by atoms with Crippen molar-refractivity contribution in [2.45, 2.75) is 19.4 Å². The standard InChI is InChI=1S/C15H16O4/c1-18-10-4-2-9(3-5-10)8-19-15(17)14-11-6-7-12(16)13(11)14/h2-5,11,13-14H,6-8H2,1H3/t11-,13-,14+/m1/s1. The van der Waals surface area contributed by atoms with Crippen LogP contribution < -0.4 is 4.74 Å². The molecule has 19 heavy (non-hydrogen) atoms. The van der Waals surface area contributed by atoms with E-state index < -0.39 is 0 Å². The number of carbonyl (C=O) groups excluding carboxylic acids is 2. The molecule has 2 fully saturated rings. The first-order valence-electron chi connectivity index (χ1n) is 6.53. The van der Waals surface area contributed by atoms with Crippen LogP contribution in [0, 0.1) is 17.8 Å². The van der Waals surface area contributed by atoms with Gasteiger partial charge in [0, 0.05) is 12.3 Å². The molecular formula is C15H16O4. The Hall–Kier alpha value is -1.84. The van der Waals surface area contributed by atoms with Crippen molar-refractivity contribution in [3.05, 3.63) is 29.8 Å². The van der Waals surface area contributed by atoms with Gasteiger partial charge in [-0.2, -0.15) is 0 Å². The summed E-state index contributed by atoms with van der Waals surface area (Å²) in [5.74, 6) is 0.839. The summed E-state index contributed by atoms with van der Waals surface area (Å²) in [6.07, 6.45) is 1.49. The summed E-state index contributed by atoms with van der Waals surface area (Å²) in [6, 6.07) is 7.40. The van der Waals surface area contributed by atoms with Crippen molar-refractivity contribution in [2.24, 2.45) is 17.8 Å². The van der Waals surface area contributed by atoms with Crippen LogP contribution in [0.2, 0.25) is 0 Å². The van der Waals surface area contributed by atoms with Crippen LogP contribution in [0.3, 0.4) is 0 Å². The molecule has 0 bridgehead atoms. The van der Waals surface area contributed by atoms with E-state index >= 15 is 0 Å². The largest absolute Gasteiger partial charge is 0.497 e. The molecule has 2 aliphatic carbocycles. The van der Waals surface area contributed by atoms with Gasteiger partial charge in [0.25, 0.3) is 0 Å². The van der Waals surface area contributed by atoms with Crippen molar-refractivity contribution in [1.82, 2.24) is 0 Å². The van der Waals surface area contributed by atoms with Crippen molar-refractivity contribution in [1.29, 1.82) is 0 Å². The van der Waals surface area contributed by atoms with Gasteiger partial charge in [-0.25, -0.2) is 0 Å². The number of esters is 1. The molecule has 2 aliphatic rings. The fourth-order valence-electron chi connectivity index (χ4n) is 2.94. The molecule has 2 saturated carbocycles. The summed E-state index contributed by atoms with van der Waals surface area (Å²) in [5.41, 5.74) is 0.922. The first kappa shape index (κ1) is 12.2. The van der Waals surface area contributed by atoms with E-state index in [0.29, 0.717) is 6.42 Å². The predicted molar refractivity (Wildman–Crippen MR) is 67.5 cm³/mol. The summed E-state index contributed by atoms with van der Waals surface area (Å²) in [6.45, 7) is 0.257. The van der Waals surface area contributed by atoms with Crippen LogP contribution in [-0.4, -0.2) is 18.9 Å². The van der Waals surface area contributed by atoms with Gasteiger partial charge < -0.3 is 9.47 Å². The number of methoxy groups -OCH3 is 1. The minimum absolute atomic E-state index is 0.0385. The Labute approximate surface area is 111 Å². The molecule has 0 unspecified atom stereocenters. The number of ketones is 1. The molecule has 0 amide bonds.